The van der Waals surface area contributed by atoms with Crippen LogP contribution in [0.4, 0.5) is 26.3 Å². The summed E-state index contributed by atoms with van der Waals surface area (Å²) in [5.41, 5.74) is -1.63. The Balaban J connectivity index is 1.19. The molecule has 0 aromatic rings. The number of nitrogens with zero attached hydrogens (tertiary/aromatic N) is 9. The molecule has 0 aromatic heterocycles. The van der Waals surface area contributed by atoms with Gasteiger partial charge in [0.05, 0.1) is 50.7 Å². The average molecular weight is 1560 g/mol. The van der Waals surface area contributed by atoms with Gasteiger partial charge in [0.25, 0.3) is 0 Å². The van der Waals surface area contributed by atoms with Gasteiger partial charge >= 0.3 is 12.4 Å². The summed E-state index contributed by atoms with van der Waals surface area (Å²) in [6.45, 7) is 7.84. The molecule has 14 atom stereocenters. The summed E-state index contributed by atoms with van der Waals surface area (Å²) in [5, 5.41) is 7.33. The fraction of sp³-hybridized carbons (Fsp3) is 0.840. The second kappa shape index (κ2) is 37.6. The summed E-state index contributed by atoms with van der Waals surface area (Å²) in [7, 11) is 8.25. The molecule has 4 saturated carbocycles. The molecule has 1 spiro atoms. The van der Waals surface area contributed by atoms with E-state index in [1.54, 1.807) is 27.7 Å². The Labute approximate surface area is 636 Å². The standard InChI is InChI=1S/C75H117ClF6N12O14/c1-12-45(5)62-70(104)87(7)43-61(97)89(9)55-29-20-44(4)40-93(69(55)103)58(37-47-21-25-49(26-22-47)74(77,78)79)67(101)86(6)42-59(95)83-53(28-24-46-23-27-51(52(76)36-46)75(80,81)82)66(100)94-41-50(108-14-3)38-56(94)65(99)85-73(30-17-31-73)72(106)91(11)63(48-18-15-16-19-48)71(105)90(10)57(68(102)92-32-34-107-35-33-92)39-60(96)88(8)54(13-2)64(98)84-62/h44-58,62-63H,12-43H2,1-11H3,(H,83,95)(H,84,98)(H,85,99)/t44-,45+,46?,47?,49?,50-,51?,52?,53+,54+,55+,56+,57+,58+,62+,63+/m1/s1. The van der Waals surface area contributed by atoms with Crippen LogP contribution in [0.25, 0.3) is 0 Å². The molecule has 26 nitrogen and oxygen atoms in total. The molecule has 12 amide bonds. The van der Waals surface area contributed by atoms with Crippen molar-refractivity contribution in [1.29, 1.82) is 0 Å². The fourth-order valence-corrected chi connectivity index (χ4v) is 18.2. The van der Waals surface area contributed by atoms with Crippen molar-refractivity contribution >= 4 is 82.5 Å². The molecular weight excluding hydrogens is 1440 g/mol. The number of carbonyl (C=O) groups is 12. The van der Waals surface area contributed by atoms with Crippen LogP contribution in [0.1, 0.15) is 182 Å². The summed E-state index contributed by atoms with van der Waals surface area (Å²) in [6.07, 6.45) is -7.57. The van der Waals surface area contributed by atoms with Crippen molar-refractivity contribution in [1.82, 2.24) is 60.0 Å². The molecule has 33 heteroatoms. The molecule has 3 unspecified atom stereocenters. The van der Waals surface area contributed by atoms with Gasteiger partial charge in [-0.1, -0.05) is 47.0 Å². The lowest BCUT2D eigenvalue weighted by Crippen LogP contribution is -2.68. The van der Waals surface area contributed by atoms with Crippen molar-refractivity contribution in [3.63, 3.8) is 0 Å². The van der Waals surface area contributed by atoms with Crippen LogP contribution in [0.2, 0.25) is 0 Å². The van der Waals surface area contributed by atoms with Gasteiger partial charge in [0.15, 0.2) is 0 Å². The topological polar surface area (TPSA) is 289 Å². The van der Waals surface area contributed by atoms with Crippen molar-refractivity contribution < 1.29 is 93.4 Å². The Morgan fingerprint density at radius 2 is 1.27 bits per heavy atom. The van der Waals surface area contributed by atoms with Gasteiger partial charge < -0.3 is 69.5 Å². The highest BCUT2D eigenvalue weighted by Gasteiger charge is 2.55. The third kappa shape index (κ3) is 20.8. The number of amides is 12. The van der Waals surface area contributed by atoms with Gasteiger partial charge in [-0.25, -0.2) is 0 Å². The quantitative estimate of drug-likeness (QED) is 0.152. The number of ether oxygens (including phenoxy) is 2. The molecule has 8 rings (SSSR count). The molecule has 0 aromatic carbocycles. The van der Waals surface area contributed by atoms with Crippen LogP contribution in [0.5, 0.6) is 0 Å². The van der Waals surface area contributed by atoms with E-state index in [0.29, 0.717) is 44.9 Å². The number of nitrogens with one attached hydrogen (secondary N) is 3. The monoisotopic (exact) mass is 1560 g/mol. The molecule has 4 saturated heterocycles. The van der Waals surface area contributed by atoms with E-state index in [1.165, 1.54) is 71.7 Å². The third-order valence-corrected chi connectivity index (χ3v) is 25.4. The van der Waals surface area contributed by atoms with Gasteiger partial charge in [0.1, 0.15) is 53.9 Å². The van der Waals surface area contributed by atoms with E-state index < -0.39 is 204 Å². The highest BCUT2D eigenvalue weighted by Crippen LogP contribution is 2.45. The van der Waals surface area contributed by atoms with Gasteiger partial charge in [-0.05, 0) is 152 Å². The summed E-state index contributed by atoms with van der Waals surface area (Å²) in [5.74, 6) is -14.4. The molecule has 0 radical (unpaired) electrons. The second-order valence-electron chi connectivity index (χ2n) is 32.2. The zero-order chi connectivity index (χ0) is 79.6. The number of halogens is 7. The SMILES string of the molecule is CCO[C@@H]1C[C@H]2C(=O)NC3(CCC3)C(=O)N(C)[C@@H](C3CCCC3)C(=O)N(C)[C@H](C(=O)N3CCOCC3)CC(=O)N(C)[C@@H](CC)C(=O)N[C@@H]([C@@H](C)CC)C(=O)N(C)CC(=O)N(C)[C@H]3CC[C@@H](C)CN(C3=O)[C@@H](CC3CCC(C(F)(F)F)CC3)C(=O)N(C)CC(=O)N[C@@H](CCC3CCC(C(F)(F)F)C(Cl)C3)C(=O)N2C1. The maximum absolute atomic E-state index is 15.7. The molecule has 4 heterocycles. The van der Waals surface area contributed by atoms with E-state index in [0.717, 1.165) is 14.7 Å². The number of likely N-dealkylation sites (N-methyl/N-ethyl adjacent to an activating group) is 6. The normalized spacial score (nSPS) is 32.6. The molecule has 8 fully saturated rings. The predicted octanol–water partition coefficient (Wildman–Crippen LogP) is 5.89. The average Bonchev–Trinajstić information content (AvgIpc) is 1.58. The first kappa shape index (κ1) is 87.0. The number of alkyl halides is 7. The smallest absolute Gasteiger partial charge is 0.378 e. The van der Waals surface area contributed by atoms with Gasteiger partial charge in [-0.15, -0.1) is 11.6 Å². The number of rotatable bonds is 12. The fourth-order valence-electron chi connectivity index (χ4n) is 17.7. The highest BCUT2D eigenvalue weighted by atomic mass is 35.5. The van der Waals surface area contributed by atoms with Gasteiger partial charge in [-0.2, -0.15) is 26.3 Å². The first-order valence-corrected chi connectivity index (χ1v) is 39.6. The van der Waals surface area contributed by atoms with Gasteiger partial charge in [0.2, 0.25) is 70.9 Å². The Kier molecular flexibility index (Phi) is 30.3. The zero-order valence-corrected chi connectivity index (χ0v) is 65.6. The van der Waals surface area contributed by atoms with Crippen LogP contribution in [-0.4, -0.2) is 294 Å². The molecule has 108 heavy (non-hydrogen) atoms. The van der Waals surface area contributed by atoms with E-state index in [9.17, 15) is 55.1 Å². The van der Waals surface area contributed by atoms with Crippen LogP contribution in [0.3, 0.4) is 0 Å². The summed E-state index contributed by atoms with van der Waals surface area (Å²) < 4.78 is 96.5. The molecular formula is C75H117ClF6N12O14. The van der Waals surface area contributed by atoms with Crippen LogP contribution >= 0.6 is 11.6 Å². The lowest BCUT2D eigenvalue weighted by atomic mass is 9.74. The van der Waals surface area contributed by atoms with Gasteiger partial charge in [-0.3, -0.25) is 57.5 Å². The maximum Gasteiger partial charge on any atom is 0.393 e. The number of hydrogen-bond donors (Lipinski definition) is 3. The molecule has 4 aliphatic carbocycles. The first-order valence-electron chi connectivity index (χ1n) is 39.2. The minimum absolute atomic E-state index is 0.0150. The van der Waals surface area contributed by atoms with E-state index >= 15 is 28.8 Å². The number of hydrogen-bond acceptors (Lipinski definition) is 14. The van der Waals surface area contributed by atoms with E-state index in [4.69, 9.17) is 21.1 Å². The third-order valence-electron chi connectivity index (χ3n) is 24.9. The molecule has 4 aliphatic heterocycles. The van der Waals surface area contributed by atoms with E-state index in [2.05, 4.69) is 16.0 Å². The molecule has 610 valence electrons. The van der Waals surface area contributed by atoms with Crippen molar-refractivity contribution in [2.45, 2.75) is 260 Å². The lowest BCUT2D eigenvalue weighted by molar-refractivity contribution is -0.184. The van der Waals surface area contributed by atoms with Crippen molar-refractivity contribution in [3.05, 3.63) is 0 Å². The van der Waals surface area contributed by atoms with Gasteiger partial charge in [0, 0.05) is 86.9 Å². The Hall–Kier alpha value is -6.57. The summed E-state index contributed by atoms with van der Waals surface area (Å²) in [4.78, 5) is 193. The summed E-state index contributed by atoms with van der Waals surface area (Å²) in [6, 6.07) is -10.8. The predicted molar refractivity (Wildman–Crippen MR) is 385 cm³/mol. The Morgan fingerprint density at radius 3 is 1.85 bits per heavy atom. The van der Waals surface area contributed by atoms with Crippen LogP contribution in [0.15, 0.2) is 0 Å². The maximum atomic E-state index is 15.7. The Bertz CT molecular complexity index is 3210. The van der Waals surface area contributed by atoms with E-state index in [-0.39, 0.29) is 148 Å². The Morgan fingerprint density at radius 1 is 0.630 bits per heavy atom. The number of morpholine rings is 1. The molecule has 2 bridgehead atoms. The lowest BCUT2D eigenvalue weighted by Gasteiger charge is -2.47. The van der Waals surface area contributed by atoms with Crippen LogP contribution < -0.4 is 16.0 Å². The van der Waals surface area contributed by atoms with Crippen molar-refractivity contribution in [2.24, 2.45) is 41.4 Å². The largest absolute Gasteiger partial charge is 0.393 e. The molecule has 8 aliphatic rings. The van der Waals surface area contributed by atoms with E-state index in [1.807, 2.05) is 6.92 Å². The molecule has 3 N–H and O–H groups in total. The second-order valence-corrected chi connectivity index (χ2v) is 32.8. The van der Waals surface area contributed by atoms with Crippen molar-refractivity contribution in [2.75, 3.05) is 101 Å². The van der Waals surface area contributed by atoms with Crippen LogP contribution in [0, 0.1) is 41.4 Å². The first-order chi connectivity index (χ1) is 50.9. The minimum Gasteiger partial charge on any atom is -0.378 e. The number of carbonyl (C=O) groups excluding carboxylic acids is 12. The summed E-state index contributed by atoms with van der Waals surface area (Å²) >= 11 is 6.43. The zero-order valence-electron chi connectivity index (χ0n) is 64.8. The minimum atomic E-state index is -4.57. The highest BCUT2D eigenvalue weighted by molar-refractivity contribution is 6.21. The van der Waals surface area contributed by atoms with Crippen LogP contribution in [-0.2, 0) is 67.0 Å². The number of fused-ring (bicyclic) bond motifs is 3. The van der Waals surface area contributed by atoms with Crippen molar-refractivity contribution in [3.8, 4) is 0 Å².